The molecule has 4 heteroatoms. The SMILES string of the molecule is CC(C)(CCCCl)CNC(=O)c1ccc(O)cc1. The van der Waals surface area contributed by atoms with E-state index in [2.05, 4.69) is 19.2 Å². The van der Waals surface area contributed by atoms with Crippen molar-refractivity contribution in [2.45, 2.75) is 26.7 Å². The Morgan fingerprint density at radius 2 is 1.94 bits per heavy atom. The second-order valence-electron chi connectivity index (χ2n) is 5.19. The van der Waals surface area contributed by atoms with Gasteiger partial charge in [0, 0.05) is 18.0 Å². The number of phenolic OH excluding ortho intramolecular Hbond substituents is 1. The summed E-state index contributed by atoms with van der Waals surface area (Å²) in [5.41, 5.74) is 0.600. The van der Waals surface area contributed by atoms with Crippen molar-refractivity contribution in [2.24, 2.45) is 5.41 Å². The van der Waals surface area contributed by atoms with Crippen LogP contribution < -0.4 is 5.32 Å². The van der Waals surface area contributed by atoms with Gasteiger partial charge in [-0.1, -0.05) is 13.8 Å². The zero-order valence-electron chi connectivity index (χ0n) is 10.9. The van der Waals surface area contributed by atoms with Crippen LogP contribution in [0.5, 0.6) is 5.75 Å². The second-order valence-corrected chi connectivity index (χ2v) is 5.56. The highest BCUT2D eigenvalue weighted by molar-refractivity contribution is 6.17. The molecule has 0 fully saturated rings. The summed E-state index contributed by atoms with van der Waals surface area (Å²) in [5, 5.41) is 12.1. The average Bonchev–Trinajstić information content (AvgIpc) is 2.35. The van der Waals surface area contributed by atoms with Gasteiger partial charge in [-0.3, -0.25) is 4.79 Å². The Hall–Kier alpha value is -1.22. The van der Waals surface area contributed by atoms with Crippen LogP contribution in [0, 0.1) is 5.41 Å². The summed E-state index contributed by atoms with van der Waals surface area (Å²) in [6.07, 6.45) is 1.93. The van der Waals surface area contributed by atoms with Crippen LogP contribution in [0.25, 0.3) is 0 Å². The summed E-state index contributed by atoms with van der Waals surface area (Å²) >= 11 is 5.67. The van der Waals surface area contributed by atoms with Gasteiger partial charge in [0.05, 0.1) is 0 Å². The molecule has 1 rings (SSSR count). The molecule has 0 aromatic heterocycles. The number of aromatic hydroxyl groups is 1. The summed E-state index contributed by atoms with van der Waals surface area (Å²) in [6.45, 7) is 4.83. The van der Waals surface area contributed by atoms with Crippen molar-refractivity contribution in [2.75, 3.05) is 12.4 Å². The normalized spacial score (nSPS) is 11.3. The van der Waals surface area contributed by atoms with E-state index in [-0.39, 0.29) is 17.1 Å². The fraction of sp³-hybridized carbons (Fsp3) is 0.500. The number of alkyl halides is 1. The largest absolute Gasteiger partial charge is 0.508 e. The Kier molecular flexibility index (Phi) is 5.48. The third kappa shape index (κ3) is 4.96. The highest BCUT2D eigenvalue weighted by Crippen LogP contribution is 2.21. The molecule has 0 unspecified atom stereocenters. The van der Waals surface area contributed by atoms with Gasteiger partial charge in [0.1, 0.15) is 5.75 Å². The molecule has 0 atom stereocenters. The molecule has 0 aliphatic heterocycles. The number of benzene rings is 1. The summed E-state index contributed by atoms with van der Waals surface area (Å²) in [5.74, 6) is 0.693. The van der Waals surface area contributed by atoms with Gasteiger partial charge < -0.3 is 10.4 Å². The van der Waals surface area contributed by atoms with E-state index < -0.39 is 0 Å². The van der Waals surface area contributed by atoms with Gasteiger partial charge in [0.25, 0.3) is 5.91 Å². The van der Waals surface area contributed by atoms with Crippen molar-refractivity contribution >= 4 is 17.5 Å². The van der Waals surface area contributed by atoms with Crippen LogP contribution in [0.3, 0.4) is 0 Å². The molecule has 0 saturated carbocycles. The lowest BCUT2D eigenvalue weighted by Crippen LogP contribution is -2.34. The first kappa shape index (κ1) is 14.8. The number of phenols is 1. The zero-order valence-corrected chi connectivity index (χ0v) is 11.6. The average molecular weight is 270 g/mol. The predicted octanol–water partition coefficient (Wildman–Crippen LogP) is 3.17. The van der Waals surface area contributed by atoms with E-state index >= 15 is 0 Å². The number of carbonyl (C=O) groups is 1. The smallest absolute Gasteiger partial charge is 0.251 e. The minimum absolute atomic E-state index is 0.0431. The minimum Gasteiger partial charge on any atom is -0.508 e. The first-order valence-corrected chi connectivity index (χ1v) is 6.61. The Morgan fingerprint density at radius 1 is 1.33 bits per heavy atom. The molecule has 0 heterocycles. The molecule has 18 heavy (non-hydrogen) atoms. The lowest BCUT2D eigenvalue weighted by molar-refractivity contribution is 0.0934. The third-order valence-electron chi connectivity index (χ3n) is 2.84. The van der Waals surface area contributed by atoms with Crippen LogP contribution in [-0.2, 0) is 0 Å². The maximum Gasteiger partial charge on any atom is 0.251 e. The number of halogens is 1. The van der Waals surface area contributed by atoms with Gasteiger partial charge in [0.15, 0.2) is 0 Å². The summed E-state index contributed by atoms with van der Waals surface area (Å²) < 4.78 is 0. The fourth-order valence-electron chi connectivity index (χ4n) is 1.67. The van der Waals surface area contributed by atoms with Gasteiger partial charge in [0.2, 0.25) is 0 Å². The number of carbonyl (C=O) groups excluding carboxylic acids is 1. The van der Waals surface area contributed by atoms with Crippen LogP contribution in [0.4, 0.5) is 0 Å². The first-order chi connectivity index (χ1) is 8.44. The maximum absolute atomic E-state index is 11.9. The molecule has 0 bridgehead atoms. The highest BCUT2D eigenvalue weighted by atomic mass is 35.5. The van der Waals surface area contributed by atoms with Crippen molar-refractivity contribution in [3.05, 3.63) is 29.8 Å². The second kappa shape index (κ2) is 6.64. The summed E-state index contributed by atoms with van der Waals surface area (Å²) in [6, 6.07) is 6.23. The molecular formula is C14H20ClNO2. The monoisotopic (exact) mass is 269 g/mol. The minimum atomic E-state index is -0.117. The van der Waals surface area contributed by atoms with Crippen LogP contribution >= 0.6 is 11.6 Å². The summed E-state index contributed by atoms with van der Waals surface area (Å²) in [4.78, 5) is 11.9. The molecule has 2 N–H and O–H groups in total. The van der Waals surface area contributed by atoms with Crippen LogP contribution in [0.2, 0.25) is 0 Å². The number of rotatable bonds is 6. The van der Waals surface area contributed by atoms with E-state index in [0.29, 0.717) is 18.0 Å². The Balaban J connectivity index is 2.48. The zero-order chi connectivity index (χ0) is 13.6. The van der Waals surface area contributed by atoms with Crippen LogP contribution in [-0.4, -0.2) is 23.4 Å². The molecule has 0 saturated heterocycles. The lowest BCUT2D eigenvalue weighted by atomic mass is 9.88. The topological polar surface area (TPSA) is 49.3 Å². The molecule has 3 nitrogen and oxygen atoms in total. The van der Waals surface area contributed by atoms with Crippen molar-refractivity contribution in [1.82, 2.24) is 5.32 Å². The molecular weight excluding hydrogens is 250 g/mol. The van der Waals surface area contributed by atoms with Gasteiger partial charge in [-0.2, -0.15) is 0 Å². The number of hydrogen-bond acceptors (Lipinski definition) is 2. The predicted molar refractivity (Wildman–Crippen MR) is 74.2 cm³/mol. The Bertz CT molecular complexity index is 387. The van der Waals surface area contributed by atoms with Crippen molar-refractivity contribution in [1.29, 1.82) is 0 Å². The van der Waals surface area contributed by atoms with E-state index in [1.165, 1.54) is 12.1 Å². The molecule has 1 amide bonds. The van der Waals surface area contributed by atoms with E-state index in [1.807, 2.05) is 0 Å². The lowest BCUT2D eigenvalue weighted by Gasteiger charge is -2.24. The molecule has 0 aliphatic carbocycles. The van der Waals surface area contributed by atoms with Gasteiger partial charge in [-0.15, -0.1) is 11.6 Å². The van der Waals surface area contributed by atoms with E-state index in [4.69, 9.17) is 16.7 Å². The number of nitrogens with one attached hydrogen (secondary N) is 1. The van der Waals surface area contributed by atoms with Gasteiger partial charge in [-0.25, -0.2) is 0 Å². The van der Waals surface area contributed by atoms with Gasteiger partial charge in [-0.05, 0) is 42.5 Å². The van der Waals surface area contributed by atoms with E-state index in [1.54, 1.807) is 12.1 Å². The van der Waals surface area contributed by atoms with Crippen molar-refractivity contribution < 1.29 is 9.90 Å². The summed E-state index contributed by atoms with van der Waals surface area (Å²) in [7, 11) is 0. The first-order valence-electron chi connectivity index (χ1n) is 6.08. The van der Waals surface area contributed by atoms with Crippen molar-refractivity contribution in [3.8, 4) is 5.75 Å². The van der Waals surface area contributed by atoms with E-state index in [9.17, 15) is 4.79 Å². The highest BCUT2D eigenvalue weighted by Gasteiger charge is 2.18. The molecule has 0 spiro atoms. The Morgan fingerprint density at radius 3 is 2.50 bits per heavy atom. The molecule has 0 radical (unpaired) electrons. The van der Waals surface area contributed by atoms with Gasteiger partial charge >= 0.3 is 0 Å². The fourth-order valence-corrected chi connectivity index (χ4v) is 1.80. The van der Waals surface area contributed by atoms with E-state index in [0.717, 1.165) is 12.8 Å². The molecule has 0 aliphatic rings. The Labute approximate surface area is 113 Å². The standard InChI is InChI=1S/C14H20ClNO2/c1-14(2,8-3-9-15)10-16-13(18)11-4-6-12(17)7-5-11/h4-7,17H,3,8-10H2,1-2H3,(H,16,18). The van der Waals surface area contributed by atoms with Crippen LogP contribution in [0.1, 0.15) is 37.0 Å². The molecule has 1 aromatic carbocycles. The maximum atomic E-state index is 11.9. The molecule has 1 aromatic rings. The molecule has 100 valence electrons. The number of hydrogen-bond donors (Lipinski definition) is 2. The number of amides is 1. The van der Waals surface area contributed by atoms with Crippen LogP contribution in [0.15, 0.2) is 24.3 Å². The van der Waals surface area contributed by atoms with Crippen molar-refractivity contribution in [3.63, 3.8) is 0 Å². The third-order valence-corrected chi connectivity index (χ3v) is 3.11. The quantitative estimate of drug-likeness (QED) is 0.780.